The van der Waals surface area contributed by atoms with Crippen molar-refractivity contribution in [3.63, 3.8) is 0 Å². The van der Waals surface area contributed by atoms with Crippen LogP contribution >= 0.6 is 11.3 Å². The van der Waals surface area contributed by atoms with Gasteiger partial charge in [0.1, 0.15) is 0 Å². The second-order valence-corrected chi connectivity index (χ2v) is 5.36. The van der Waals surface area contributed by atoms with Gasteiger partial charge in [-0.3, -0.25) is 9.69 Å². The highest BCUT2D eigenvalue weighted by molar-refractivity contribution is 7.14. The predicted molar refractivity (Wildman–Crippen MR) is 83.2 cm³/mol. The number of nitrogens with zero attached hydrogens (tertiary/aromatic N) is 2. The molecule has 0 atom stereocenters. The summed E-state index contributed by atoms with van der Waals surface area (Å²) in [5, 5.41) is 6.06. The van der Waals surface area contributed by atoms with E-state index in [4.69, 9.17) is 4.74 Å². The molecule has 0 aliphatic carbocycles. The fourth-order valence-electron chi connectivity index (χ4n) is 1.70. The van der Waals surface area contributed by atoms with Crippen LogP contribution in [0.1, 0.15) is 39.3 Å². The number of hydrogen-bond acceptors (Lipinski definition) is 5. The molecule has 0 aromatic carbocycles. The van der Waals surface area contributed by atoms with Crippen molar-refractivity contribution in [2.75, 3.05) is 31.2 Å². The normalized spacial score (nSPS) is 10.8. The van der Waals surface area contributed by atoms with E-state index in [0.717, 1.165) is 37.0 Å². The molecule has 0 spiro atoms. The number of carbonyl (C=O) groups excluding carboxylic acids is 1. The van der Waals surface area contributed by atoms with E-state index in [1.165, 1.54) is 17.8 Å². The Labute approximate surface area is 125 Å². The Morgan fingerprint density at radius 1 is 1.45 bits per heavy atom. The van der Waals surface area contributed by atoms with Gasteiger partial charge >= 0.3 is 0 Å². The van der Waals surface area contributed by atoms with Crippen molar-refractivity contribution < 1.29 is 9.53 Å². The highest BCUT2D eigenvalue weighted by Gasteiger charge is 2.12. The number of thiazole rings is 1. The Balaban J connectivity index is 2.25. The van der Waals surface area contributed by atoms with Gasteiger partial charge in [0.25, 0.3) is 0 Å². The molecule has 0 aliphatic heterocycles. The second kappa shape index (κ2) is 9.85. The lowest BCUT2D eigenvalue weighted by Gasteiger charge is -2.14. The van der Waals surface area contributed by atoms with Gasteiger partial charge in [-0.15, -0.1) is 11.3 Å². The second-order valence-electron chi connectivity index (χ2n) is 4.53. The van der Waals surface area contributed by atoms with E-state index >= 15 is 0 Å². The minimum atomic E-state index is 0.0330. The molecule has 1 amide bonds. The van der Waals surface area contributed by atoms with E-state index in [9.17, 15) is 4.79 Å². The number of ether oxygens (including phenoxy) is 1. The van der Waals surface area contributed by atoms with Crippen LogP contribution in [0.2, 0.25) is 0 Å². The van der Waals surface area contributed by atoms with Crippen LogP contribution in [0.4, 0.5) is 5.13 Å². The van der Waals surface area contributed by atoms with Gasteiger partial charge in [-0.1, -0.05) is 13.3 Å². The molecule has 5 nitrogen and oxygen atoms in total. The summed E-state index contributed by atoms with van der Waals surface area (Å²) in [7, 11) is 0. The number of anilines is 1. The van der Waals surface area contributed by atoms with E-state index in [-0.39, 0.29) is 5.91 Å². The zero-order valence-electron chi connectivity index (χ0n) is 12.6. The summed E-state index contributed by atoms with van der Waals surface area (Å²) in [6.07, 6.45) is 2.28. The first-order valence-electron chi connectivity index (χ1n) is 7.20. The first-order chi connectivity index (χ1) is 9.69. The van der Waals surface area contributed by atoms with Crippen LogP contribution in [0.5, 0.6) is 0 Å². The van der Waals surface area contributed by atoms with Gasteiger partial charge in [0, 0.05) is 38.5 Å². The average Bonchev–Trinajstić information content (AvgIpc) is 2.87. The summed E-state index contributed by atoms with van der Waals surface area (Å²) >= 11 is 1.51. The fraction of sp³-hybridized carbons (Fsp3) is 0.714. The van der Waals surface area contributed by atoms with Gasteiger partial charge in [0.15, 0.2) is 5.13 Å². The molecule has 0 bridgehead atoms. The molecule has 20 heavy (non-hydrogen) atoms. The van der Waals surface area contributed by atoms with Crippen LogP contribution in [0.15, 0.2) is 5.38 Å². The highest BCUT2D eigenvalue weighted by atomic mass is 32.1. The molecule has 0 saturated heterocycles. The quantitative estimate of drug-likeness (QED) is 0.674. The molecule has 114 valence electrons. The molecule has 6 heteroatoms. The van der Waals surface area contributed by atoms with E-state index in [2.05, 4.69) is 17.2 Å². The van der Waals surface area contributed by atoms with Crippen LogP contribution in [0, 0.1) is 0 Å². The zero-order chi connectivity index (χ0) is 14.8. The molecule has 0 unspecified atom stereocenters. The Bertz CT molecular complexity index is 396. The number of hydrogen-bond donors (Lipinski definition) is 1. The van der Waals surface area contributed by atoms with E-state index < -0.39 is 0 Å². The van der Waals surface area contributed by atoms with E-state index in [0.29, 0.717) is 13.1 Å². The summed E-state index contributed by atoms with van der Waals surface area (Å²) in [6, 6.07) is 0. The molecule has 1 aromatic heterocycles. The van der Waals surface area contributed by atoms with Gasteiger partial charge in [-0.2, -0.15) is 0 Å². The van der Waals surface area contributed by atoms with Crippen LogP contribution in [-0.4, -0.2) is 37.2 Å². The number of unbranched alkanes of at least 4 members (excludes halogenated alkanes) is 1. The lowest BCUT2D eigenvalue weighted by Crippen LogP contribution is -2.27. The molecule has 1 heterocycles. The topological polar surface area (TPSA) is 54.5 Å². The van der Waals surface area contributed by atoms with Gasteiger partial charge in [0.2, 0.25) is 5.91 Å². The number of rotatable bonds is 10. The minimum Gasteiger partial charge on any atom is -0.380 e. The van der Waals surface area contributed by atoms with Crippen LogP contribution < -0.4 is 10.2 Å². The molecule has 1 rings (SSSR count). The van der Waals surface area contributed by atoms with Crippen molar-refractivity contribution in [3.8, 4) is 0 Å². The molecular weight excluding hydrogens is 274 g/mol. The number of aromatic nitrogens is 1. The van der Waals surface area contributed by atoms with Crippen LogP contribution in [0.25, 0.3) is 0 Å². The third-order valence-corrected chi connectivity index (χ3v) is 3.75. The maximum atomic E-state index is 11.4. The maximum Gasteiger partial charge on any atom is 0.225 e. The number of nitrogens with one attached hydrogen (secondary N) is 1. The predicted octanol–water partition coefficient (Wildman–Crippen LogP) is 2.42. The monoisotopic (exact) mass is 299 g/mol. The lowest BCUT2D eigenvalue weighted by atomic mass is 10.4. The molecule has 0 aliphatic rings. The average molecular weight is 299 g/mol. The largest absolute Gasteiger partial charge is 0.380 e. The first kappa shape index (κ1) is 17.1. The number of carbonyl (C=O) groups is 1. The van der Waals surface area contributed by atoms with Gasteiger partial charge in [-0.25, -0.2) is 4.98 Å². The molecule has 0 fully saturated rings. The van der Waals surface area contributed by atoms with Gasteiger partial charge in [-0.05, 0) is 13.3 Å². The smallest absolute Gasteiger partial charge is 0.225 e. The molecule has 0 radical (unpaired) electrons. The molecular formula is C14H25N3O2S. The van der Waals surface area contributed by atoms with Crippen molar-refractivity contribution in [1.82, 2.24) is 10.3 Å². The van der Waals surface area contributed by atoms with Crippen molar-refractivity contribution in [2.24, 2.45) is 0 Å². The van der Waals surface area contributed by atoms with E-state index in [1.807, 2.05) is 12.3 Å². The first-order valence-corrected chi connectivity index (χ1v) is 8.08. The highest BCUT2D eigenvalue weighted by Crippen LogP contribution is 2.20. The maximum absolute atomic E-state index is 11.4. The van der Waals surface area contributed by atoms with Crippen LogP contribution in [0.3, 0.4) is 0 Å². The van der Waals surface area contributed by atoms with Crippen molar-refractivity contribution >= 4 is 22.4 Å². The Morgan fingerprint density at radius 2 is 2.25 bits per heavy atom. The fourth-order valence-corrected chi connectivity index (χ4v) is 2.64. The van der Waals surface area contributed by atoms with Crippen LogP contribution in [-0.2, 0) is 16.1 Å². The minimum absolute atomic E-state index is 0.0330. The van der Waals surface area contributed by atoms with Crippen molar-refractivity contribution in [1.29, 1.82) is 0 Å². The Hall–Kier alpha value is -0.980. The zero-order valence-corrected chi connectivity index (χ0v) is 13.5. The Morgan fingerprint density at radius 3 is 2.90 bits per heavy atom. The molecule has 1 N–H and O–H groups in total. The van der Waals surface area contributed by atoms with Crippen molar-refractivity contribution in [3.05, 3.63) is 11.1 Å². The third-order valence-electron chi connectivity index (χ3n) is 2.84. The molecule has 1 aromatic rings. The third kappa shape index (κ3) is 5.98. The number of amides is 1. The standard InChI is InChI=1S/C14H25N3O2S/c1-4-6-8-19-9-7-15-10-13-11-20-14(16-13)17(5-2)12(3)18/h11,15H,4-10H2,1-3H3. The van der Waals surface area contributed by atoms with E-state index in [1.54, 1.807) is 11.8 Å². The Kier molecular flexibility index (Phi) is 8.41. The summed E-state index contributed by atoms with van der Waals surface area (Å²) in [6.45, 7) is 9.42. The molecule has 0 saturated carbocycles. The van der Waals surface area contributed by atoms with Gasteiger partial charge < -0.3 is 10.1 Å². The summed E-state index contributed by atoms with van der Waals surface area (Å²) < 4.78 is 5.47. The van der Waals surface area contributed by atoms with Gasteiger partial charge in [0.05, 0.1) is 12.3 Å². The lowest BCUT2D eigenvalue weighted by molar-refractivity contribution is -0.116. The summed E-state index contributed by atoms with van der Waals surface area (Å²) in [5.74, 6) is 0.0330. The SMILES string of the molecule is CCCCOCCNCc1csc(N(CC)C(C)=O)n1. The summed E-state index contributed by atoms with van der Waals surface area (Å²) in [5.41, 5.74) is 0.971. The summed E-state index contributed by atoms with van der Waals surface area (Å²) in [4.78, 5) is 17.6. The van der Waals surface area contributed by atoms with Crippen molar-refractivity contribution in [2.45, 2.75) is 40.2 Å².